The number of nitrogens with zero attached hydrogens (tertiary/aromatic N) is 3. The zero-order chi connectivity index (χ0) is 26.9. The van der Waals surface area contributed by atoms with Crippen LogP contribution in [0.5, 0.6) is 0 Å². The van der Waals surface area contributed by atoms with E-state index < -0.39 is 46.0 Å². The summed E-state index contributed by atoms with van der Waals surface area (Å²) in [6.07, 6.45) is -1.78. The highest BCUT2D eigenvalue weighted by atomic mass is 32.2. The predicted molar refractivity (Wildman–Crippen MR) is 134 cm³/mol. The van der Waals surface area contributed by atoms with Crippen LogP contribution in [0.15, 0.2) is 42.6 Å². The fourth-order valence-electron chi connectivity index (χ4n) is 6.92. The number of aryl methyl sites for hydroxylation is 1. The lowest BCUT2D eigenvalue weighted by molar-refractivity contribution is -0.279. The summed E-state index contributed by atoms with van der Waals surface area (Å²) in [7, 11) is -3.49. The van der Waals surface area contributed by atoms with E-state index in [2.05, 4.69) is 5.10 Å². The maximum atomic E-state index is 13.9. The smallest absolute Gasteiger partial charge is 0.380 e. The van der Waals surface area contributed by atoms with Crippen molar-refractivity contribution in [1.82, 2.24) is 14.1 Å². The van der Waals surface area contributed by atoms with Crippen LogP contribution < -0.4 is 0 Å². The number of hydrogen-bond donors (Lipinski definition) is 1. The van der Waals surface area contributed by atoms with Crippen LogP contribution in [0.25, 0.3) is 16.6 Å². The van der Waals surface area contributed by atoms with Gasteiger partial charge in [0.1, 0.15) is 5.82 Å². The zero-order valence-electron chi connectivity index (χ0n) is 20.7. The first kappa shape index (κ1) is 25.8. The van der Waals surface area contributed by atoms with Crippen molar-refractivity contribution in [2.45, 2.75) is 62.1 Å². The molecular weight excluding hydrogens is 522 g/mol. The maximum Gasteiger partial charge on any atom is 0.417 e. The molecular formula is C27H29F4N3O3S. The van der Waals surface area contributed by atoms with Crippen LogP contribution in [0.4, 0.5) is 17.6 Å². The molecule has 6 nitrogen and oxygen atoms in total. The Labute approximate surface area is 218 Å². The molecule has 3 atom stereocenters. The monoisotopic (exact) mass is 551 g/mol. The Morgan fingerprint density at radius 3 is 2.55 bits per heavy atom. The van der Waals surface area contributed by atoms with E-state index in [1.54, 1.807) is 23.0 Å². The molecule has 1 aromatic heterocycles. The number of sulfonamides is 1. The molecule has 0 spiro atoms. The third-order valence-corrected chi connectivity index (χ3v) is 10.8. The summed E-state index contributed by atoms with van der Waals surface area (Å²) in [6.45, 7) is 0.457. The molecule has 204 valence electrons. The van der Waals surface area contributed by atoms with Gasteiger partial charge >= 0.3 is 6.18 Å². The Morgan fingerprint density at radius 2 is 1.87 bits per heavy atom. The quantitative estimate of drug-likeness (QED) is 0.472. The third-order valence-electron chi connectivity index (χ3n) is 8.94. The maximum absolute atomic E-state index is 13.9. The molecule has 2 aromatic carbocycles. The van der Waals surface area contributed by atoms with E-state index in [1.807, 2.05) is 12.1 Å². The lowest BCUT2D eigenvalue weighted by Crippen LogP contribution is -2.57. The molecule has 11 heteroatoms. The molecule has 0 amide bonds. The second kappa shape index (κ2) is 8.76. The van der Waals surface area contributed by atoms with E-state index in [1.165, 1.54) is 16.4 Å². The number of benzene rings is 2. The number of hydrogen-bond acceptors (Lipinski definition) is 4. The molecule has 1 saturated carbocycles. The first-order chi connectivity index (χ1) is 17.9. The number of rotatable bonds is 3. The van der Waals surface area contributed by atoms with Gasteiger partial charge in [-0.05, 0) is 98.4 Å². The molecule has 2 heterocycles. The van der Waals surface area contributed by atoms with Gasteiger partial charge in [-0.2, -0.15) is 18.3 Å². The largest absolute Gasteiger partial charge is 0.417 e. The van der Waals surface area contributed by atoms with Crippen molar-refractivity contribution < 1.29 is 31.1 Å². The van der Waals surface area contributed by atoms with E-state index in [-0.39, 0.29) is 24.5 Å². The SMILES string of the molecule is O=S1(=O)CCCN1C[C@@]12CC[C@](O)(C(F)(F)F)C[C@H]1CCCc1cc3c(cnn3-c3ccc(F)cc3)cc12. The Bertz CT molecular complexity index is 1490. The topological polar surface area (TPSA) is 75.4 Å². The summed E-state index contributed by atoms with van der Waals surface area (Å²) in [4.78, 5) is 0. The van der Waals surface area contributed by atoms with E-state index in [9.17, 15) is 31.1 Å². The molecule has 1 saturated heterocycles. The Kier molecular flexibility index (Phi) is 5.94. The average molecular weight is 552 g/mol. The van der Waals surface area contributed by atoms with E-state index in [0.717, 1.165) is 22.0 Å². The first-order valence-electron chi connectivity index (χ1n) is 13.0. The average Bonchev–Trinajstić information content (AvgIpc) is 3.37. The number of aromatic nitrogens is 2. The predicted octanol–water partition coefficient (Wildman–Crippen LogP) is 4.87. The third kappa shape index (κ3) is 4.05. The molecule has 0 unspecified atom stereocenters. The van der Waals surface area contributed by atoms with Gasteiger partial charge in [-0.1, -0.05) is 0 Å². The standard InChI is InChI=1S/C27H29F4N3O3S/c28-21-5-7-22(8-6-21)34-24-14-18-3-1-4-20-15-26(35,27(29,30)31)10-9-25(20,23(18)13-19(24)16-32-34)17-33-11-2-12-38(33,36)37/h5-8,13-14,16,20,35H,1-4,9-12,15,17H2/t20-,25+,26-/m1/s1. The van der Waals surface area contributed by atoms with Crippen LogP contribution in [0.3, 0.4) is 0 Å². The summed E-state index contributed by atoms with van der Waals surface area (Å²) in [5, 5.41) is 16.0. The summed E-state index contributed by atoms with van der Waals surface area (Å²) >= 11 is 0. The van der Waals surface area contributed by atoms with Crippen LogP contribution in [0.1, 0.15) is 49.7 Å². The molecule has 1 aliphatic heterocycles. The van der Waals surface area contributed by atoms with Crippen molar-refractivity contribution in [2.75, 3.05) is 18.8 Å². The van der Waals surface area contributed by atoms with Gasteiger partial charge in [-0.15, -0.1) is 0 Å². The van der Waals surface area contributed by atoms with Crippen molar-refractivity contribution in [3.05, 3.63) is 59.5 Å². The van der Waals surface area contributed by atoms with Crippen LogP contribution in [0, 0.1) is 11.7 Å². The molecule has 3 aliphatic rings. The Morgan fingerprint density at radius 1 is 1.11 bits per heavy atom. The second-order valence-corrected chi connectivity index (χ2v) is 13.2. The molecule has 0 radical (unpaired) electrons. The minimum atomic E-state index is -4.76. The minimum Gasteiger partial charge on any atom is -0.380 e. The molecule has 1 N–H and O–H groups in total. The highest BCUT2D eigenvalue weighted by Gasteiger charge is 2.61. The molecule has 38 heavy (non-hydrogen) atoms. The highest BCUT2D eigenvalue weighted by molar-refractivity contribution is 7.89. The van der Waals surface area contributed by atoms with Gasteiger partial charge in [-0.3, -0.25) is 0 Å². The fourth-order valence-corrected chi connectivity index (χ4v) is 8.51. The summed E-state index contributed by atoms with van der Waals surface area (Å²) < 4.78 is 84.2. The van der Waals surface area contributed by atoms with Crippen LogP contribution >= 0.6 is 0 Å². The van der Waals surface area contributed by atoms with Crippen molar-refractivity contribution in [2.24, 2.45) is 5.92 Å². The van der Waals surface area contributed by atoms with Crippen LogP contribution in [-0.4, -0.2) is 58.2 Å². The highest BCUT2D eigenvalue weighted by Crippen LogP contribution is 2.56. The van der Waals surface area contributed by atoms with Crippen molar-refractivity contribution in [3.8, 4) is 5.69 Å². The molecule has 6 rings (SSSR count). The van der Waals surface area contributed by atoms with Crippen LogP contribution in [-0.2, 0) is 21.9 Å². The lowest BCUT2D eigenvalue weighted by atomic mass is 9.57. The van der Waals surface area contributed by atoms with Gasteiger partial charge in [0.2, 0.25) is 10.0 Å². The minimum absolute atomic E-state index is 0.0320. The Balaban J connectivity index is 1.50. The summed E-state index contributed by atoms with van der Waals surface area (Å²) in [6, 6.07) is 9.91. The molecule has 2 fully saturated rings. The van der Waals surface area contributed by atoms with Gasteiger partial charge < -0.3 is 5.11 Å². The van der Waals surface area contributed by atoms with Gasteiger partial charge in [0.25, 0.3) is 0 Å². The lowest BCUT2D eigenvalue weighted by Gasteiger charge is -2.51. The van der Waals surface area contributed by atoms with Gasteiger partial charge in [-0.25, -0.2) is 21.8 Å². The van der Waals surface area contributed by atoms with Crippen molar-refractivity contribution in [1.29, 1.82) is 0 Å². The molecule has 0 bridgehead atoms. The first-order valence-corrected chi connectivity index (χ1v) is 14.6. The van der Waals surface area contributed by atoms with Gasteiger partial charge in [0, 0.05) is 23.9 Å². The van der Waals surface area contributed by atoms with Crippen molar-refractivity contribution in [3.63, 3.8) is 0 Å². The number of halogens is 4. The normalized spacial score (nSPS) is 29.7. The summed E-state index contributed by atoms with van der Waals surface area (Å²) in [5.74, 6) is -0.860. The van der Waals surface area contributed by atoms with E-state index >= 15 is 0 Å². The Hall–Kier alpha value is -2.50. The number of aliphatic hydroxyl groups is 1. The van der Waals surface area contributed by atoms with Gasteiger partial charge in [0.05, 0.1) is 23.2 Å². The number of fused-ring (bicyclic) bond motifs is 4. The van der Waals surface area contributed by atoms with Crippen LogP contribution in [0.2, 0.25) is 0 Å². The fraction of sp³-hybridized carbons (Fsp3) is 0.519. The summed E-state index contributed by atoms with van der Waals surface area (Å²) in [5.41, 5.74) is -0.352. The second-order valence-electron chi connectivity index (χ2n) is 11.1. The van der Waals surface area contributed by atoms with E-state index in [0.29, 0.717) is 37.9 Å². The van der Waals surface area contributed by atoms with Crippen molar-refractivity contribution >= 4 is 20.9 Å². The number of alkyl halides is 3. The zero-order valence-corrected chi connectivity index (χ0v) is 21.5. The van der Waals surface area contributed by atoms with E-state index in [4.69, 9.17) is 0 Å². The molecule has 2 aliphatic carbocycles. The molecule has 3 aromatic rings. The van der Waals surface area contributed by atoms with Gasteiger partial charge in [0.15, 0.2) is 5.60 Å².